The first-order valence-electron chi connectivity index (χ1n) is 5.26. The molecule has 0 aliphatic carbocycles. The molecule has 1 rings (SSSR count). The van der Waals surface area contributed by atoms with Crippen LogP contribution in [-0.2, 0) is 16.3 Å². The Morgan fingerprint density at radius 3 is 2.50 bits per heavy atom. The lowest BCUT2D eigenvalue weighted by Crippen LogP contribution is -2.14. The lowest BCUT2D eigenvalue weighted by Gasteiger charge is -2.06. The molecule has 0 aliphatic rings. The van der Waals surface area contributed by atoms with E-state index in [0.29, 0.717) is 12.2 Å². The summed E-state index contributed by atoms with van der Waals surface area (Å²) in [6, 6.07) is 6.96. The zero-order valence-electron chi connectivity index (χ0n) is 10.0. The Labute approximate surface area is 106 Å². The number of hydrogen-bond donors (Lipinski definition) is 2. The maximum Gasteiger partial charge on any atom is 0.150 e. The van der Waals surface area contributed by atoms with E-state index < -0.39 is 9.84 Å². The molecule has 100 valence electrons. The molecule has 0 aliphatic heterocycles. The maximum absolute atomic E-state index is 10.9. The fourth-order valence-corrected chi connectivity index (χ4v) is 1.64. The zero-order chi connectivity index (χ0) is 13.6. The van der Waals surface area contributed by atoms with Crippen LogP contribution >= 0.6 is 0 Å². The summed E-state index contributed by atoms with van der Waals surface area (Å²) < 4.78 is 27.1. The Morgan fingerprint density at radius 1 is 1.39 bits per heavy atom. The van der Waals surface area contributed by atoms with Crippen molar-refractivity contribution in [3.63, 3.8) is 0 Å². The van der Waals surface area contributed by atoms with Crippen LogP contribution in [0.5, 0.6) is 5.75 Å². The van der Waals surface area contributed by atoms with E-state index in [1.165, 1.54) is 0 Å². The molecule has 0 atom stereocenters. The van der Waals surface area contributed by atoms with E-state index in [4.69, 9.17) is 15.7 Å². The van der Waals surface area contributed by atoms with Gasteiger partial charge in [0.15, 0.2) is 9.84 Å². The first-order chi connectivity index (χ1) is 8.40. The summed E-state index contributed by atoms with van der Waals surface area (Å²) in [6.07, 6.45) is 1.51. The van der Waals surface area contributed by atoms with Crippen molar-refractivity contribution < 1.29 is 18.4 Å². The summed E-state index contributed by atoms with van der Waals surface area (Å²) in [5, 5.41) is 11.3. The van der Waals surface area contributed by atoms with Crippen molar-refractivity contribution in [3.05, 3.63) is 29.8 Å². The molecule has 0 amide bonds. The van der Waals surface area contributed by atoms with Crippen LogP contribution in [0.3, 0.4) is 0 Å². The average molecular weight is 272 g/mol. The normalized spacial score (nSPS) is 12.4. The second-order valence-electron chi connectivity index (χ2n) is 3.89. The fourth-order valence-electron chi connectivity index (χ4n) is 1.26. The van der Waals surface area contributed by atoms with Gasteiger partial charge in [0.25, 0.3) is 0 Å². The van der Waals surface area contributed by atoms with Crippen LogP contribution in [0.25, 0.3) is 0 Å². The summed E-state index contributed by atoms with van der Waals surface area (Å²) in [5.41, 5.74) is 6.25. The number of rotatable bonds is 6. The molecular formula is C11H16N2O4S. The van der Waals surface area contributed by atoms with E-state index in [1.807, 2.05) is 0 Å². The number of sulfone groups is 1. The summed E-state index contributed by atoms with van der Waals surface area (Å²) in [5.74, 6) is 0.696. The highest BCUT2D eigenvalue weighted by Crippen LogP contribution is 2.12. The van der Waals surface area contributed by atoms with Gasteiger partial charge in [-0.1, -0.05) is 17.3 Å². The van der Waals surface area contributed by atoms with Crippen LogP contribution in [0.2, 0.25) is 0 Å². The van der Waals surface area contributed by atoms with Crippen LogP contribution in [0.4, 0.5) is 0 Å². The Hall–Kier alpha value is -1.76. The molecule has 18 heavy (non-hydrogen) atoms. The highest BCUT2D eigenvalue weighted by molar-refractivity contribution is 7.90. The van der Waals surface area contributed by atoms with Gasteiger partial charge in [-0.05, 0) is 17.7 Å². The van der Waals surface area contributed by atoms with Crippen LogP contribution in [0, 0.1) is 0 Å². The Morgan fingerprint density at radius 2 is 2.00 bits per heavy atom. The monoisotopic (exact) mass is 272 g/mol. The van der Waals surface area contributed by atoms with Gasteiger partial charge in [0, 0.05) is 12.7 Å². The third-order valence-corrected chi connectivity index (χ3v) is 3.07. The van der Waals surface area contributed by atoms with E-state index in [0.717, 1.165) is 11.8 Å². The first-order valence-corrected chi connectivity index (χ1v) is 7.32. The zero-order valence-corrected chi connectivity index (χ0v) is 10.9. The van der Waals surface area contributed by atoms with Crippen LogP contribution in [0.15, 0.2) is 29.4 Å². The molecule has 0 bridgehead atoms. The number of nitrogens with zero attached hydrogens (tertiary/aromatic N) is 1. The fraction of sp³-hybridized carbons (Fsp3) is 0.364. The minimum absolute atomic E-state index is 0.0150. The number of nitrogens with two attached hydrogens (primary N) is 1. The number of ether oxygens (including phenoxy) is 1. The molecule has 7 heteroatoms. The minimum atomic E-state index is -3.01. The van der Waals surface area contributed by atoms with Gasteiger partial charge >= 0.3 is 0 Å². The second kappa shape index (κ2) is 6.25. The van der Waals surface area contributed by atoms with Gasteiger partial charge in [0.05, 0.1) is 5.75 Å². The Bertz CT molecular complexity index is 508. The molecular weight excluding hydrogens is 256 g/mol. The summed E-state index contributed by atoms with van der Waals surface area (Å²) in [7, 11) is -3.01. The van der Waals surface area contributed by atoms with E-state index in [-0.39, 0.29) is 18.2 Å². The number of amidine groups is 1. The molecule has 0 radical (unpaired) electrons. The molecule has 0 spiro atoms. The predicted octanol–water partition coefficient (Wildman–Crippen LogP) is 0.399. The smallest absolute Gasteiger partial charge is 0.150 e. The molecule has 3 N–H and O–H groups in total. The second-order valence-corrected chi connectivity index (χ2v) is 6.15. The summed E-state index contributed by atoms with van der Waals surface area (Å²) in [4.78, 5) is 0. The van der Waals surface area contributed by atoms with Crippen molar-refractivity contribution in [3.8, 4) is 5.75 Å². The molecule has 0 saturated carbocycles. The SMILES string of the molecule is CS(=O)(=O)CCOc1ccc(C/C(N)=N/O)cc1. The molecule has 0 aromatic heterocycles. The van der Waals surface area contributed by atoms with Gasteiger partial charge < -0.3 is 15.7 Å². The number of benzene rings is 1. The Kier molecular flexibility index (Phi) is 4.96. The molecule has 0 heterocycles. The molecule has 1 aromatic carbocycles. The maximum atomic E-state index is 10.9. The third kappa shape index (κ3) is 5.53. The van der Waals surface area contributed by atoms with Crippen molar-refractivity contribution >= 4 is 15.7 Å². The van der Waals surface area contributed by atoms with Crippen LogP contribution in [-0.4, -0.2) is 38.1 Å². The molecule has 0 fully saturated rings. The predicted molar refractivity (Wildman–Crippen MR) is 68.8 cm³/mol. The summed E-state index contributed by atoms with van der Waals surface area (Å²) >= 11 is 0. The Balaban J connectivity index is 2.50. The van der Waals surface area contributed by atoms with E-state index in [9.17, 15) is 8.42 Å². The third-order valence-electron chi connectivity index (χ3n) is 2.16. The van der Waals surface area contributed by atoms with Crippen molar-refractivity contribution in [1.29, 1.82) is 0 Å². The van der Waals surface area contributed by atoms with Gasteiger partial charge in [-0.15, -0.1) is 0 Å². The lowest BCUT2D eigenvalue weighted by molar-refractivity contribution is 0.317. The van der Waals surface area contributed by atoms with Gasteiger partial charge in [-0.2, -0.15) is 0 Å². The van der Waals surface area contributed by atoms with Crippen molar-refractivity contribution in [2.45, 2.75) is 6.42 Å². The van der Waals surface area contributed by atoms with Gasteiger partial charge in [0.1, 0.15) is 18.2 Å². The van der Waals surface area contributed by atoms with Crippen molar-refractivity contribution in [2.75, 3.05) is 18.6 Å². The van der Waals surface area contributed by atoms with Crippen LogP contribution in [0.1, 0.15) is 5.56 Å². The van der Waals surface area contributed by atoms with E-state index in [1.54, 1.807) is 24.3 Å². The lowest BCUT2D eigenvalue weighted by atomic mass is 10.1. The molecule has 6 nitrogen and oxygen atoms in total. The first kappa shape index (κ1) is 14.3. The van der Waals surface area contributed by atoms with E-state index >= 15 is 0 Å². The van der Waals surface area contributed by atoms with Gasteiger partial charge in [-0.3, -0.25) is 0 Å². The largest absolute Gasteiger partial charge is 0.493 e. The number of hydrogen-bond acceptors (Lipinski definition) is 5. The summed E-state index contributed by atoms with van der Waals surface area (Å²) in [6.45, 7) is 0.123. The quantitative estimate of drug-likeness (QED) is 0.338. The van der Waals surface area contributed by atoms with Crippen LogP contribution < -0.4 is 10.5 Å². The van der Waals surface area contributed by atoms with Gasteiger partial charge in [0.2, 0.25) is 0 Å². The molecule has 1 aromatic rings. The van der Waals surface area contributed by atoms with E-state index in [2.05, 4.69) is 5.16 Å². The van der Waals surface area contributed by atoms with Gasteiger partial charge in [-0.25, -0.2) is 8.42 Å². The number of oxime groups is 1. The molecule has 0 unspecified atom stereocenters. The average Bonchev–Trinajstić information content (AvgIpc) is 2.29. The highest BCUT2D eigenvalue weighted by Gasteiger charge is 2.03. The minimum Gasteiger partial charge on any atom is -0.493 e. The van der Waals surface area contributed by atoms with Crippen molar-refractivity contribution in [1.82, 2.24) is 0 Å². The standard InChI is InChI=1S/C11H16N2O4S/c1-18(15,16)7-6-17-10-4-2-9(3-5-10)8-11(12)13-14/h2-5,14H,6-8H2,1H3,(H2,12,13). The topological polar surface area (TPSA) is 102 Å². The van der Waals surface area contributed by atoms with Crippen molar-refractivity contribution in [2.24, 2.45) is 10.9 Å². The highest BCUT2D eigenvalue weighted by atomic mass is 32.2. The molecule has 0 saturated heterocycles.